The Kier molecular flexibility index (Phi) is 4.29. The van der Waals surface area contributed by atoms with Crippen molar-refractivity contribution in [3.8, 4) is 22.3 Å². The highest BCUT2D eigenvalue weighted by atomic mass is 16.6. The molecule has 2 aromatic carbocycles. The molecular weight excluding hydrogens is 386 g/mol. The van der Waals surface area contributed by atoms with Crippen molar-refractivity contribution in [2.75, 3.05) is 0 Å². The van der Waals surface area contributed by atoms with Crippen LogP contribution >= 0.6 is 0 Å². The third kappa shape index (κ3) is 3.32. The molecule has 0 spiro atoms. The fourth-order valence-electron chi connectivity index (χ4n) is 4.16. The Bertz CT molecular complexity index is 1430. The molecule has 0 aliphatic carbocycles. The third-order valence-electron chi connectivity index (χ3n) is 5.43. The van der Waals surface area contributed by atoms with Crippen molar-refractivity contribution in [3.05, 3.63) is 73.3 Å². The lowest BCUT2D eigenvalue weighted by Crippen LogP contribution is -2.26. The van der Waals surface area contributed by atoms with E-state index in [4.69, 9.17) is 4.74 Å². The van der Waals surface area contributed by atoms with Gasteiger partial charge in [0.1, 0.15) is 5.60 Å². The van der Waals surface area contributed by atoms with Crippen LogP contribution in [0, 0.1) is 0 Å². The fraction of sp³-hybridized carbons (Fsp3) is 0.192. The molecule has 5 rings (SSSR count). The van der Waals surface area contributed by atoms with Gasteiger partial charge in [-0.1, -0.05) is 36.4 Å². The van der Waals surface area contributed by atoms with E-state index < -0.39 is 5.60 Å². The third-order valence-corrected chi connectivity index (χ3v) is 5.43. The smallest absolute Gasteiger partial charge is 0.419 e. The monoisotopic (exact) mass is 411 g/mol. The SMILES string of the molecule is Cn1cc(-c2c[nH]c3ccccc23)c(-c2cn(C(=O)OC(C)(C)C)c3ccccc23)c1. The van der Waals surface area contributed by atoms with Gasteiger partial charge in [0.15, 0.2) is 0 Å². The zero-order chi connectivity index (χ0) is 21.8. The lowest BCUT2D eigenvalue weighted by molar-refractivity contribution is 0.0544. The van der Waals surface area contributed by atoms with E-state index >= 15 is 0 Å². The number of ether oxygens (including phenoxy) is 1. The van der Waals surface area contributed by atoms with Gasteiger partial charge in [-0.25, -0.2) is 4.79 Å². The molecule has 0 aliphatic rings. The van der Waals surface area contributed by atoms with Gasteiger partial charge in [0, 0.05) is 70.4 Å². The van der Waals surface area contributed by atoms with Crippen LogP contribution in [0.3, 0.4) is 0 Å². The summed E-state index contributed by atoms with van der Waals surface area (Å²) in [5, 5.41) is 2.19. The van der Waals surface area contributed by atoms with E-state index in [9.17, 15) is 4.79 Å². The predicted molar refractivity (Wildman–Crippen MR) is 125 cm³/mol. The Balaban J connectivity index is 1.72. The van der Waals surface area contributed by atoms with Gasteiger partial charge in [0.05, 0.1) is 5.52 Å². The van der Waals surface area contributed by atoms with Gasteiger partial charge in [-0.2, -0.15) is 0 Å². The van der Waals surface area contributed by atoms with E-state index in [0.29, 0.717) is 0 Å². The zero-order valence-corrected chi connectivity index (χ0v) is 18.1. The summed E-state index contributed by atoms with van der Waals surface area (Å²) < 4.78 is 9.33. The summed E-state index contributed by atoms with van der Waals surface area (Å²) in [5.41, 5.74) is 5.70. The van der Waals surface area contributed by atoms with Crippen LogP contribution in [-0.2, 0) is 11.8 Å². The molecule has 5 aromatic rings. The number of carbonyl (C=O) groups is 1. The van der Waals surface area contributed by atoms with Gasteiger partial charge in [-0.3, -0.25) is 4.57 Å². The van der Waals surface area contributed by atoms with Crippen LogP contribution < -0.4 is 0 Å². The highest BCUT2D eigenvalue weighted by Gasteiger charge is 2.23. The number of aromatic amines is 1. The van der Waals surface area contributed by atoms with Gasteiger partial charge in [0.25, 0.3) is 0 Å². The van der Waals surface area contributed by atoms with Crippen LogP contribution in [0.4, 0.5) is 4.79 Å². The van der Waals surface area contributed by atoms with Crippen molar-refractivity contribution in [2.45, 2.75) is 26.4 Å². The molecule has 0 fully saturated rings. The minimum atomic E-state index is -0.565. The van der Waals surface area contributed by atoms with Crippen LogP contribution in [0.25, 0.3) is 44.1 Å². The first-order chi connectivity index (χ1) is 14.8. The van der Waals surface area contributed by atoms with E-state index in [1.807, 2.05) is 58.3 Å². The molecule has 0 unspecified atom stereocenters. The predicted octanol–water partition coefficient (Wildman–Crippen LogP) is 6.58. The number of carbonyl (C=O) groups excluding carboxylic acids is 1. The number of nitrogens with zero attached hydrogens (tertiary/aromatic N) is 2. The Labute approximate surface area is 180 Å². The molecule has 1 N–H and O–H groups in total. The average molecular weight is 412 g/mol. The van der Waals surface area contributed by atoms with E-state index in [-0.39, 0.29) is 6.09 Å². The number of nitrogens with one attached hydrogen (secondary N) is 1. The molecule has 0 aliphatic heterocycles. The molecule has 5 nitrogen and oxygen atoms in total. The number of hydrogen-bond acceptors (Lipinski definition) is 2. The summed E-state index contributed by atoms with van der Waals surface area (Å²) in [5.74, 6) is 0. The van der Waals surface area contributed by atoms with Crippen LogP contribution in [-0.4, -0.2) is 25.8 Å². The first-order valence-electron chi connectivity index (χ1n) is 10.4. The molecule has 0 saturated carbocycles. The summed E-state index contributed by atoms with van der Waals surface area (Å²) in [6, 6.07) is 16.2. The summed E-state index contributed by atoms with van der Waals surface area (Å²) in [4.78, 5) is 16.3. The Morgan fingerprint density at radius 2 is 1.48 bits per heavy atom. The normalized spacial score (nSPS) is 12.0. The number of para-hydroxylation sites is 2. The van der Waals surface area contributed by atoms with Crippen LogP contribution in [0.1, 0.15) is 20.8 Å². The summed E-state index contributed by atoms with van der Waals surface area (Å²) in [6.07, 6.45) is 7.81. The molecular formula is C26H25N3O2. The van der Waals surface area contributed by atoms with E-state index in [1.54, 1.807) is 4.57 Å². The van der Waals surface area contributed by atoms with Crippen molar-refractivity contribution >= 4 is 27.9 Å². The second-order valence-electron chi connectivity index (χ2n) is 8.91. The van der Waals surface area contributed by atoms with Gasteiger partial charge in [-0.15, -0.1) is 0 Å². The average Bonchev–Trinajstić information content (AvgIpc) is 3.40. The quantitative estimate of drug-likeness (QED) is 0.357. The number of aryl methyl sites for hydroxylation is 1. The maximum atomic E-state index is 12.9. The van der Waals surface area contributed by atoms with Crippen molar-refractivity contribution in [3.63, 3.8) is 0 Å². The van der Waals surface area contributed by atoms with Gasteiger partial charge >= 0.3 is 6.09 Å². The number of rotatable bonds is 2. The molecule has 0 radical (unpaired) electrons. The van der Waals surface area contributed by atoms with Crippen LogP contribution in [0.2, 0.25) is 0 Å². The maximum Gasteiger partial charge on any atom is 0.419 e. The second kappa shape index (κ2) is 6.91. The number of H-pyrrole nitrogens is 1. The molecule has 0 bridgehead atoms. The fourth-order valence-corrected chi connectivity index (χ4v) is 4.16. The van der Waals surface area contributed by atoms with Crippen molar-refractivity contribution < 1.29 is 9.53 Å². The topological polar surface area (TPSA) is 52.0 Å². The summed E-state index contributed by atoms with van der Waals surface area (Å²) >= 11 is 0. The lowest BCUT2D eigenvalue weighted by atomic mass is 9.98. The lowest BCUT2D eigenvalue weighted by Gasteiger charge is -2.19. The first kappa shape index (κ1) is 19.2. The minimum absolute atomic E-state index is 0.375. The van der Waals surface area contributed by atoms with Gasteiger partial charge in [0.2, 0.25) is 0 Å². The number of fused-ring (bicyclic) bond motifs is 2. The second-order valence-corrected chi connectivity index (χ2v) is 8.91. The number of hydrogen-bond donors (Lipinski definition) is 1. The first-order valence-corrected chi connectivity index (χ1v) is 10.4. The van der Waals surface area contributed by atoms with E-state index in [2.05, 4.69) is 52.4 Å². The Morgan fingerprint density at radius 3 is 2.23 bits per heavy atom. The Morgan fingerprint density at radius 1 is 0.839 bits per heavy atom. The van der Waals surface area contributed by atoms with E-state index in [1.165, 1.54) is 5.39 Å². The van der Waals surface area contributed by atoms with Crippen molar-refractivity contribution in [2.24, 2.45) is 7.05 Å². The molecule has 31 heavy (non-hydrogen) atoms. The standard InChI is InChI=1S/C26H25N3O2/c1-26(2,3)31-25(30)29-16-22(18-10-6-8-12-24(18)29)21-15-28(4)14-20(21)19-13-27-23-11-7-5-9-17(19)23/h5-16,27H,1-4H3. The molecule has 3 aromatic heterocycles. The van der Waals surface area contributed by atoms with Crippen LogP contribution in [0.15, 0.2) is 73.3 Å². The summed E-state index contributed by atoms with van der Waals surface area (Å²) in [7, 11) is 2.02. The Hall–Kier alpha value is -3.73. The maximum absolute atomic E-state index is 12.9. The van der Waals surface area contributed by atoms with Crippen molar-refractivity contribution in [1.29, 1.82) is 0 Å². The number of benzene rings is 2. The van der Waals surface area contributed by atoms with Gasteiger partial charge < -0.3 is 14.3 Å². The zero-order valence-electron chi connectivity index (χ0n) is 18.1. The van der Waals surface area contributed by atoms with E-state index in [0.717, 1.165) is 38.7 Å². The summed E-state index contributed by atoms with van der Waals surface area (Å²) in [6.45, 7) is 5.64. The van der Waals surface area contributed by atoms with Crippen LogP contribution in [0.5, 0.6) is 0 Å². The molecule has 0 saturated heterocycles. The van der Waals surface area contributed by atoms with Crippen molar-refractivity contribution in [1.82, 2.24) is 14.1 Å². The highest BCUT2D eigenvalue weighted by Crippen LogP contribution is 2.40. The molecule has 0 atom stereocenters. The molecule has 0 amide bonds. The minimum Gasteiger partial charge on any atom is -0.443 e. The largest absolute Gasteiger partial charge is 0.443 e. The molecule has 3 heterocycles. The highest BCUT2D eigenvalue weighted by molar-refractivity contribution is 6.06. The van der Waals surface area contributed by atoms with Gasteiger partial charge in [-0.05, 0) is 32.9 Å². The number of aromatic nitrogens is 3. The molecule has 5 heteroatoms. The molecule has 156 valence electrons.